The molecule has 0 unspecified atom stereocenters. The van der Waals surface area contributed by atoms with E-state index in [9.17, 15) is 5.11 Å². The lowest BCUT2D eigenvalue weighted by atomic mass is 10.00. The van der Waals surface area contributed by atoms with E-state index in [0.717, 1.165) is 18.4 Å². The Morgan fingerprint density at radius 3 is 1.79 bits per heavy atom. The number of nitriles is 1. The predicted molar refractivity (Wildman–Crippen MR) is 102 cm³/mol. The van der Waals surface area contributed by atoms with E-state index in [1.54, 1.807) is 18.2 Å². The molecular weight excluding hydrogens is 294 g/mol. The van der Waals surface area contributed by atoms with E-state index in [2.05, 4.69) is 13.0 Å². The van der Waals surface area contributed by atoms with Crippen molar-refractivity contribution in [1.29, 1.82) is 5.26 Å². The second-order valence-electron chi connectivity index (χ2n) is 6.95. The molecule has 0 aliphatic carbocycles. The Morgan fingerprint density at radius 2 is 1.29 bits per heavy atom. The molecule has 24 heavy (non-hydrogen) atoms. The van der Waals surface area contributed by atoms with Gasteiger partial charge >= 0.3 is 0 Å². The first-order chi connectivity index (χ1) is 11.8. The molecule has 0 aliphatic rings. The molecule has 134 valence electrons. The number of aromatic hydroxyl groups is 1. The Morgan fingerprint density at radius 1 is 0.792 bits per heavy atom. The number of aryl methyl sites for hydroxylation is 1. The van der Waals surface area contributed by atoms with Gasteiger partial charge in [0.15, 0.2) is 0 Å². The highest BCUT2D eigenvalue weighted by Gasteiger charge is 2.03. The van der Waals surface area contributed by atoms with Crippen molar-refractivity contribution in [3.63, 3.8) is 0 Å². The average molecular weight is 330 g/mol. The molecule has 0 bridgehead atoms. The first-order valence-corrected chi connectivity index (χ1v) is 10.00. The molecule has 0 saturated heterocycles. The second-order valence-corrected chi connectivity index (χ2v) is 6.95. The van der Waals surface area contributed by atoms with E-state index in [4.69, 9.17) is 5.26 Å². The first kappa shape index (κ1) is 20.6. The average Bonchev–Trinajstić information content (AvgIpc) is 2.59. The summed E-state index contributed by atoms with van der Waals surface area (Å²) in [6, 6.07) is 7.25. The van der Waals surface area contributed by atoms with Crippen molar-refractivity contribution in [2.75, 3.05) is 0 Å². The van der Waals surface area contributed by atoms with Crippen molar-refractivity contribution in [3.8, 4) is 11.8 Å². The maximum atomic E-state index is 9.53. The summed E-state index contributed by atoms with van der Waals surface area (Å²) in [5.41, 5.74) is 1.69. The SMILES string of the molecule is CCCCCCCCCCCCCCCc1cc(O)ccc1C#N. The smallest absolute Gasteiger partial charge is 0.115 e. The Hall–Kier alpha value is -1.49. The zero-order valence-corrected chi connectivity index (χ0v) is 15.5. The third-order valence-corrected chi connectivity index (χ3v) is 4.76. The van der Waals surface area contributed by atoms with Crippen molar-refractivity contribution < 1.29 is 5.11 Å². The second kappa shape index (κ2) is 13.9. The van der Waals surface area contributed by atoms with Crippen LogP contribution in [0.25, 0.3) is 0 Å². The molecule has 1 rings (SSSR count). The van der Waals surface area contributed by atoms with Crippen molar-refractivity contribution in [1.82, 2.24) is 0 Å². The minimum Gasteiger partial charge on any atom is -0.508 e. The summed E-state index contributed by atoms with van der Waals surface area (Å²) < 4.78 is 0. The number of phenolic OH excluding ortho intramolecular Hbond substituents is 1. The number of rotatable bonds is 14. The number of phenols is 1. The van der Waals surface area contributed by atoms with Crippen molar-refractivity contribution >= 4 is 0 Å². The Kier molecular flexibility index (Phi) is 11.9. The zero-order chi connectivity index (χ0) is 17.5. The minimum absolute atomic E-state index is 0.263. The van der Waals surface area contributed by atoms with Crippen LogP contribution in [0.1, 0.15) is 102 Å². The molecule has 0 saturated carbocycles. The third kappa shape index (κ3) is 9.60. The quantitative estimate of drug-likeness (QED) is 0.377. The van der Waals surface area contributed by atoms with Crippen LogP contribution in [0.5, 0.6) is 5.75 Å². The lowest BCUT2D eigenvalue weighted by molar-refractivity contribution is 0.474. The molecule has 2 heteroatoms. The van der Waals surface area contributed by atoms with Gasteiger partial charge < -0.3 is 5.11 Å². The normalized spacial score (nSPS) is 10.7. The van der Waals surface area contributed by atoms with Gasteiger partial charge in [0.1, 0.15) is 5.75 Å². The molecule has 0 aliphatic heterocycles. The largest absolute Gasteiger partial charge is 0.508 e. The fourth-order valence-corrected chi connectivity index (χ4v) is 3.23. The predicted octanol–water partition coefficient (Wildman–Crippen LogP) is 6.90. The lowest BCUT2D eigenvalue weighted by Crippen LogP contribution is -1.91. The van der Waals surface area contributed by atoms with Crippen LogP contribution in [0.3, 0.4) is 0 Å². The lowest BCUT2D eigenvalue weighted by Gasteiger charge is -2.05. The van der Waals surface area contributed by atoms with Gasteiger partial charge in [-0.05, 0) is 36.6 Å². The molecule has 0 fully saturated rings. The van der Waals surface area contributed by atoms with E-state index in [1.165, 1.54) is 77.0 Å². The van der Waals surface area contributed by atoms with Crippen molar-refractivity contribution in [2.24, 2.45) is 0 Å². The van der Waals surface area contributed by atoms with Crippen LogP contribution in [-0.2, 0) is 6.42 Å². The third-order valence-electron chi connectivity index (χ3n) is 4.76. The maximum absolute atomic E-state index is 9.53. The maximum Gasteiger partial charge on any atom is 0.115 e. The Bertz CT molecular complexity index is 475. The van der Waals surface area contributed by atoms with E-state index in [1.807, 2.05) is 0 Å². The van der Waals surface area contributed by atoms with Crippen LogP contribution in [0.4, 0.5) is 0 Å². The fraction of sp³-hybridized carbons (Fsp3) is 0.682. The zero-order valence-electron chi connectivity index (χ0n) is 15.5. The summed E-state index contributed by atoms with van der Waals surface area (Å²) in [7, 11) is 0. The standard InChI is InChI=1S/C22H35NO/c1-2-3-4-5-6-7-8-9-10-11-12-13-14-15-20-18-22(24)17-16-21(20)19-23/h16-18,24H,2-15H2,1H3. The molecule has 0 amide bonds. The molecule has 0 radical (unpaired) electrons. The highest BCUT2D eigenvalue weighted by molar-refractivity contribution is 5.42. The highest BCUT2D eigenvalue weighted by atomic mass is 16.3. The van der Waals surface area contributed by atoms with Crippen molar-refractivity contribution in [3.05, 3.63) is 29.3 Å². The van der Waals surface area contributed by atoms with Gasteiger partial charge in [0.05, 0.1) is 11.6 Å². The molecule has 1 N–H and O–H groups in total. The summed E-state index contributed by atoms with van der Waals surface area (Å²) in [4.78, 5) is 0. The van der Waals surface area contributed by atoms with Crippen LogP contribution in [0.15, 0.2) is 18.2 Å². The minimum atomic E-state index is 0.263. The number of hydrogen-bond donors (Lipinski definition) is 1. The molecule has 2 nitrogen and oxygen atoms in total. The van der Waals surface area contributed by atoms with E-state index in [-0.39, 0.29) is 5.75 Å². The van der Waals surface area contributed by atoms with Gasteiger partial charge in [-0.3, -0.25) is 0 Å². The van der Waals surface area contributed by atoms with Gasteiger partial charge in [-0.2, -0.15) is 5.26 Å². The first-order valence-electron chi connectivity index (χ1n) is 10.00. The molecule has 0 atom stereocenters. The summed E-state index contributed by atoms with van der Waals surface area (Å²) in [6.07, 6.45) is 18.4. The van der Waals surface area contributed by atoms with Gasteiger partial charge in [0.25, 0.3) is 0 Å². The van der Waals surface area contributed by atoms with E-state index < -0.39 is 0 Å². The highest BCUT2D eigenvalue weighted by Crippen LogP contribution is 2.19. The monoisotopic (exact) mass is 329 g/mol. The number of nitrogens with zero attached hydrogens (tertiary/aromatic N) is 1. The van der Waals surface area contributed by atoms with Crippen LogP contribution in [-0.4, -0.2) is 5.11 Å². The van der Waals surface area contributed by atoms with Crippen LogP contribution < -0.4 is 0 Å². The van der Waals surface area contributed by atoms with E-state index in [0.29, 0.717) is 5.56 Å². The van der Waals surface area contributed by atoms with Crippen LogP contribution in [0, 0.1) is 11.3 Å². The summed E-state index contributed by atoms with van der Waals surface area (Å²) in [5.74, 6) is 0.263. The molecule has 0 heterocycles. The molecular formula is C22H35NO. The van der Waals surface area contributed by atoms with Crippen LogP contribution >= 0.6 is 0 Å². The number of hydrogen-bond acceptors (Lipinski definition) is 2. The van der Waals surface area contributed by atoms with Gasteiger partial charge in [-0.1, -0.05) is 84.0 Å². The van der Waals surface area contributed by atoms with Gasteiger partial charge in [0, 0.05) is 0 Å². The van der Waals surface area contributed by atoms with Gasteiger partial charge in [-0.15, -0.1) is 0 Å². The Labute approximate surface area is 148 Å². The van der Waals surface area contributed by atoms with Gasteiger partial charge in [-0.25, -0.2) is 0 Å². The fourth-order valence-electron chi connectivity index (χ4n) is 3.23. The summed E-state index contributed by atoms with van der Waals surface area (Å²) >= 11 is 0. The van der Waals surface area contributed by atoms with Crippen molar-refractivity contribution in [2.45, 2.75) is 96.8 Å². The molecule has 1 aromatic carbocycles. The number of unbranched alkanes of at least 4 members (excludes halogenated alkanes) is 12. The van der Waals surface area contributed by atoms with Gasteiger partial charge in [0.2, 0.25) is 0 Å². The molecule has 0 spiro atoms. The number of benzene rings is 1. The topological polar surface area (TPSA) is 44.0 Å². The van der Waals surface area contributed by atoms with Crippen LogP contribution in [0.2, 0.25) is 0 Å². The summed E-state index contributed by atoms with van der Waals surface area (Å²) in [5, 5.41) is 18.6. The molecule has 1 aromatic rings. The summed E-state index contributed by atoms with van der Waals surface area (Å²) in [6.45, 7) is 2.27. The van der Waals surface area contributed by atoms with E-state index >= 15 is 0 Å². The molecule has 0 aromatic heterocycles. The Balaban J connectivity index is 1.94.